The molecule has 1 atom stereocenters. The van der Waals surface area contributed by atoms with Gasteiger partial charge in [-0.15, -0.1) is 0 Å². The van der Waals surface area contributed by atoms with Gasteiger partial charge in [0, 0.05) is 12.2 Å². The molecule has 7 heteroatoms. The molecule has 0 heterocycles. The lowest BCUT2D eigenvalue weighted by Gasteiger charge is -2.21. The van der Waals surface area contributed by atoms with Crippen molar-refractivity contribution < 1.29 is 18.3 Å². The summed E-state index contributed by atoms with van der Waals surface area (Å²) < 4.78 is 31.1. The minimum absolute atomic E-state index is 0.00625. The van der Waals surface area contributed by atoms with Gasteiger partial charge >= 0.3 is 0 Å². The van der Waals surface area contributed by atoms with Crippen LogP contribution in [0.4, 0.5) is 5.69 Å². The molecule has 0 bridgehead atoms. The van der Waals surface area contributed by atoms with Crippen molar-refractivity contribution >= 4 is 15.7 Å². The van der Waals surface area contributed by atoms with Gasteiger partial charge < -0.3 is 15.6 Å². The summed E-state index contributed by atoms with van der Waals surface area (Å²) in [6, 6.07) is 6.72. The van der Waals surface area contributed by atoms with E-state index in [4.69, 9.17) is 10.5 Å². The lowest BCUT2D eigenvalue weighted by atomic mass is 10.1. The van der Waals surface area contributed by atoms with Crippen LogP contribution in [0.15, 0.2) is 24.3 Å². The molecule has 0 radical (unpaired) electrons. The van der Waals surface area contributed by atoms with Gasteiger partial charge in [-0.25, -0.2) is 13.1 Å². The van der Waals surface area contributed by atoms with E-state index in [1.807, 2.05) is 0 Å². The molecule has 1 unspecified atom stereocenters. The molecule has 1 rings (SSSR count). The summed E-state index contributed by atoms with van der Waals surface area (Å²) in [5, 5.41) is 9.75. The summed E-state index contributed by atoms with van der Waals surface area (Å²) in [6.45, 7) is 3.40. The molecule has 0 fully saturated rings. The lowest BCUT2D eigenvalue weighted by Crippen LogP contribution is -2.41. The van der Waals surface area contributed by atoms with Gasteiger partial charge in [0.15, 0.2) is 0 Å². The zero-order chi connectivity index (χ0) is 15.2. The van der Waals surface area contributed by atoms with Crippen molar-refractivity contribution in [3.63, 3.8) is 0 Å². The zero-order valence-corrected chi connectivity index (χ0v) is 12.6. The first-order chi connectivity index (χ1) is 9.24. The van der Waals surface area contributed by atoms with E-state index < -0.39 is 15.6 Å². The molecule has 0 saturated carbocycles. The van der Waals surface area contributed by atoms with Crippen molar-refractivity contribution in [1.82, 2.24) is 4.72 Å². The summed E-state index contributed by atoms with van der Waals surface area (Å²) in [5.41, 5.74) is 5.12. The molecule has 0 amide bonds. The monoisotopic (exact) mass is 302 g/mol. The Morgan fingerprint density at radius 3 is 2.50 bits per heavy atom. The molecule has 0 spiro atoms. The highest BCUT2D eigenvalue weighted by atomic mass is 32.2. The molecule has 6 nitrogen and oxygen atoms in total. The normalized spacial score (nSPS) is 14.8. The van der Waals surface area contributed by atoms with E-state index >= 15 is 0 Å². The third-order valence-corrected chi connectivity index (χ3v) is 4.22. The molecule has 4 N–H and O–H groups in total. The van der Waals surface area contributed by atoms with E-state index in [0.717, 1.165) is 0 Å². The molecule has 0 aromatic heterocycles. The van der Waals surface area contributed by atoms with E-state index in [0.29, 0.717) is 17.9 Å². The minimum Gasteiger partial charge on any atom is -0.492 e. The highest BCUT2D eigenvalue weighted by Crippen LogP contribution is 2.13. The molecular weight excluding hydrogens is 280 g/mol. The highest BCUT2D eigenvalue weighted by molar-refractivity contribution is 7.89. The largest absolute Gasteiger partial charge is 0.492 e. The number of ether oxygens (including phenoxy) is 1. The molecule has 0 aliphatic carbocycles. The highest BCUT2D eigenvalue weighted by Gasteiger charge is 2.21. The Morgan fingerprint density at radius 2 is 1.95 bits per heavy atom. The van der Waals surface area contributed by atoms with Crippen LogP contribution in [-0.2, 0) is 10.0 Å². The third kappa shape index (κ3) is 6.23. The third-order valence-electron chi connectivity index (χ3n) is 2.94. The van der Waals surface area contributed by atoms with Crippen LogP contribution in [-0.4, -0.2) is 38.0 Å². The first kappa shape index (κ1) is 16.7. The van der Waals surface area contributed by atoms with Gasteiger partial charge in [0.25, 0.3) is 0 Å². The van der Waals surface area contributed by atoms with Crippen LogP contribution in [0.25, 0.3) is 0 Å². The van der Waals surface area contributed by atoms with Crippen molar-refractivity contribution in [2.75, 3.05) is 24.6 Å². The Balaban J connectivity index is 2.38. The zero-order valence-electron chi connectivity index (χ0n) is 11.8. The smallest absolute Gasteiger partial charge is 0.215 e. The quantitative estimate of drug-likeness (QED) is 0.614. The van der Waals surface area contributed by atoms with Gasteiger partial charge in [0.05, 0.1) is 11.4 Å². The van der Waals surface area contributed by atoms with Crippen LogP contribution in [0, 0.1) is 0 Å². The van der Waals surface area contributed by atoms with Gasteiger partial charge in [-0.05, 0) is 37.6 Å². The molecule has 0 saturated heterocycles. The first-order valence-corrected chi connectivity index (χ1v) is 8.07. The van der Waals surface area contributed by atoms with Crippen LogP contribution in [0.2, 0.25) is 0 Å². The fraction of sp³-hybridized carbons (Fsp3) is 0.538. The van der Waals surface area contributed by atoms with Crippen molar-refractivity contribution in [2.24, 2.45) is 0 Å². The Morgan fingerprint density at radius 1 is 1.35 bits per heavy atom. The second kappa shape index (κ2) is 6.92. The van der Waals surface area contributed by atoms with Gasteiger partial charge in [-0.3, -0.25) is 0 Å². The summed E-state index contributed by atoms with van der Waals surface area (Å²) in [6.07, 6.45) is 0.470. The van der Waals surface area contributed by atoms with Gasteiger partial charge in [0.1, 0.15) is 12.4 Å². The van der Waals surface area contributed by atoms with Crippen molar-refractivity contribution in [2.45, 2.75) is 25.9 Å². The molecule has 0 aliphatic rings. The second-order valence-electron chi connectivity index (χ2n) is 4.91. The van der Waals surface area contributed by atoms with Crippen LogP contribution in [0.5, 0.6) is 5.75 Å². The van der Waals surface area contributed by atoms with E-state index in [2.05, 4.69) is 4.72 Å². The van der Waals surface area contributed by atoms with E-state index in [1.165, 1.54) is 0 Å². The molecule has 114 valence electrons. The maximum Gasteiger partial charge on any atom is 0.215 e. The summed E-state index contributed by atoms with van der Waals surface area (Å²) >= 11 is 0. The average Bonchev–Trinajstić information content (AvgIpc) is 2.39. The maximum absolute atomic E-state index is 11.7. The Bertz CT molecular complexity index is 512. The van der Waals surface area contributed by atoms with E-state index in [1.54, 1.807) is 38.1 Å². The van der Waals surface area contributed by atoms with Gasteiger partial charge in [-0.2, -0.15) is 0 Å². The van der Waals surface area contributed by atoms with Crippen molar-refractivity contribution in [3.05, 3.63) is 24.3 Å². The Kier molecular flexibility index (Phi) is 5.79. The summed E-state index contributed by atoms with van der Waals surface area (Å²) in [5.74, 6) is 0.395. The fourth-order valence-corrected chi connectivity index (χ4v) is 2.27. The van der Waals surface area contributed by atoms with Gasteiger partial charge in [0.2, 0.25) is 10.0 Å². The summed E-state index contributed by atoms with van der Waals surface area (Å²) in [4.78, 5) is 0. The van der Waals surface area contributed by atoms with E-state index in [9.17, 15) is 13.5 Å². The number of rotatable bonds is 8. The maximum atomic E-state index is 11.7. The standard InChI is InChI=1S/C13H22N2O4S/c1-3-13(2,16)10-15-20(17,18)9-8-19-12-6-4-11(14)5-7-12/h4-7,15-16H,3,8-10,14H2,1-2H3. The number of nitrogens with two attached hydrogens (primary N) is 1. The second-order valence-corrected chi connectivity index (χ2v) is 6.83. The molecule has 20 heavy (non-hydrogen) atoms. The summed E-state index contributed by atoms with van der Waals surface area (Å²) in [7, 11) is -3.46. The number of benzene rings is 1. The predicted molar refractivity (Wildman–Crippen MR) is 79.1 cm³/mol. The number of hydrogen-bond acceptors (Lipinski definition) is 5. The van der Waals surface area contributed by atoms with Crippen LogP contribution < -0.4 is 15.2 Å². The molecular formula is C13H22N2O4S. The Hall–Kier alpha value is -1.31. The van der Waals surface area contributed by atoms with Crippen molar-refractivity contribution in [1.29, 1.82) is 0 Å². The number of sulfonamides is 1. The number of nitrogens with one attached hydrogen (secondary N) is 1. The molecule has 1 aromatic rings. The Labute approximate surface area is 120 Å². The minimum atomic E-state index is -3.46. The number of nitrogen functional groups attached to an aromatic ring is 1. The number of aliphatic hydroxyl groups is 1. The molecule has 0 aliphatic heterocycles. The lowest BCUT2D eigenvalue weighted by molar-refractivity contribution is 0.0613. The van der Waals surface area contributed by atoms with Crippen LogP contribution >= 0.6 is 0 Å². The number of anilines is 1. The topological polar surface area (TPSA) is 102 Å². The predicted octanol–water partition coefficient (Wildman–Crippen LogP) is 0.728. The first-order valence-electron chi connectivity index (χ1n) is 6.42. The fourth-order valence-electron chi connectivity index (χ4n) is 1.30. The van der Waals surface area contributed by atoms with Crippen LogP contribution in [0.1, 0.15) is 20.3 Å². The van der Waals surface area contributed by atoms with Crippen molar-refractivity contribution in [3.8, 4) is 5.75 Å². The van der Waals surface area contributed by atoms with Gasteiger partial charge in [-0.1, -0.05) is 6.92 Å². The average molecular weight is 302 g/mol. The SMILES string of the molecule is CCC(C)(O)CNS(=O)(=O)CCOc1ccc(N)cc1. The van der Waals surface area contributed by atoms with Crippen LogP contribution in [0.3, 0.4) is 0 Å². The van der Waals surface area contributed by atoms with E-state index in [-0.39, 0.29) is 18.9 Å². The number of hydrogen-bond donors (Lipinski definition) is 3. The molecule has 1 aromatic carbocycles.